The molecule has 2 rings (SSSR count). The van der Waals surface area contributed by atoms with Crippen LogP contribution in [0.3, 0.4) is 0 Å². The minimum Gasteiger partial charge on any atom is -0.353 e. The smallest absolute Gasteiger partial charge is 0.241 e. The van der Waals surface area contributed by atoms with Crippen molar-refractivity contribution in [2.75, 3.05) is 6.54 Å². The maximum absolute atomic E-state index is 12.5. The van der Waals surface area contributed by atoms with Gasteiger partial charge in [-0.2, -0.15) is 4.72 Å². The number of hydrogen-bond donors (Lipinski definition) is 3. The van der Waals surface area contributed by atoms with E-state index in [4.69, 9.17) is 5.73 Å². The molecule has 1 aliphatic rings. The van der Waals surface area contributed by atoms with Crippen molar-refractivity contribution in [2.45, 2.75) is 50.6 Å². The number of nitrogens with two attached hydrogens (primary N) is 1. The largest absolute Gasteiger partial charge is 0.353 e. The minimum atomic E-state index is -3.75. The van der Waals surface area contributed by atoms with Crippen molar-refractivity contribution in [2.24, 2.45) is 17.6 Å². The Hall–Kier alpha value is -1.15. The zero-order valence-corrected chi connectivity index (χ0v) is 16.5. The van der Waals surface area contributed by atoms with Crippen LogP contribution in [-0.2, 0) is 14.8 Å². The Balaban J connectivity index is 0.00000312. The molecule has 2 unspecified atom stereocenters. The van der Waals surface area contributed by atoms with Gasteiger partial charge in [-0.15, -0.1) is 12.4 Å². The number of amides is 1. The second-order valence-electron chi connectivity index (χ2n) is 6.90. The summed E-state index contributed by atoms with van der Waals surface area (Å²) in [7, 11) is -3.75. The van der Waals surface area contributed by atoms with Gasteiger partial charge in [-0.3, -0.25) is 4.79 Å². The van der Waals surface area contributed by atoms with Crippen LogP contribution in [0.4, 0.5) is 0 Å². The van der Waals surface area contributed by atoms with Crippen LogP contribution in [0.15, 0.2) is 29.2 Å². The molecular formula is C17H28ClN3O3S. The molecule has 1 fully saturated rings. The van der Waals surface area contributed by atoms with Crippen LogP contribution in [0.2, 0.25) is 0 Å². The van der Waals surface area contributed by atoms with Gasteiger partial charge in [0.15, 0.2) is 0 Å². The lowest BCUT2D eigenvalue weighted by Crippen LogP contribution is -2.51. The molecule has 25 heavy (non-hydrogen) atoms. The third kappa shape index (κ3) is 6.26. The first kappa shape index (κ1) is 21.9. The third-order valence-corrected chi connectivity index (χ3v) is 5.76. The highest BCUT2D eigenvalue weighted by Gasteiger charge is 2.31. The van der Waals surface area contributed by atoms with Crippen molar-refractivity contribution in [3.8, 4) is 0 Å². The molecule has 142 valence electrons. The van der Waals surface area contributed by atoms with Crippen LogP contribution in [0.25, 0.3) is 0 Å². The van der Waals surface area contributed by atoms with Crippen molar-refractivity contribution < 1.29 is 13.2 Å². The van der Waals surface area contributed by atoms with E-state index >= 15 is 0 Å². The van der Waals surface area contributed by atoms with E-state index in [1.54, 1.807) is 12.1 Å². The molecule has 1 saturated carbocycles. The Morgan fingerprint density at radius 3 is 2.28 bits per heavy atom. The molecule has 0 radical (unpaired) electrons. The number of rotatable bonds is 8. The quantitative estimate of drug-likeness (QED) is 0.628. The highest BCUT2D eigenvalue weighted by atomic mass is 35.5. The summed E-state index contributed by atoms with van der Waals surface area (Å²) in [6, 6.07) is 5.64. The van der Waals surface area contributed by atoms with Gasteiger partial charge in [-0.1, -0.05) is 31.5 Å². The van der Waals surface area contributed by atoms with Gasteiger partial charge in [0.25, 0.3) is 0 Å². The fourth-order valence-electron chi connectivity index (χ4n) is 2.46. The van der Waals surface area contributed by atoms with Gasteiger partial charge in [0.2, 0.25) is 15.9 Å². The fraction of sp³-hybridized carbons (Fsp3) is 0.588. The fourth-order valence-corrected chi connectivity index (χ4v) is 3.81. The number of aryl methyl sites for hydroxylation is 1. The Labute approximate surface area is 156 Å². The summed E-state index contributed by atoms with van der Waals surface area (Å²) in [5, 5.41) is 2.78. The summed E-state index contributed by atoms with van der Waals surface area (Å²) < 4.78 is 27.5. The van der Waals surface area contributed by atoms with Gasteiger partial charge >= 0.3 is 0 Å². The van der Waals surface area contributed by atoms with Crippen LogP contribution >= 0.6 is 12.4 Å². The number of carbonyl (C=O) groups is 1. The number of benzene rings is 1. The van der Waals surface area contributed by atoms with E-state index < -0.39 is 16.1 Å². The average molecular weight is 390 g/mol. The molecular weight excluding hydrogens is 362 g/mol. The van der Waals surface area contributed by atoms with Crippen molar-refractivity contribution in [3.05, 3.63) is 29.8 Å². The molecule has 0 bridgehead atoms. The van der Waals surface area contributed by atoms with E-state index in [1.165, 1.54) is 12.1 Å². The molecule has 1 aromatic rings. The first-order chi connectivity index (χ1) is 11.2. The average Bonchev–Trinajstić information content (AvgIpc) is 3.35. The summed E-state index contributed by atoms with van der Waals surface area (Å²) in [5.41, 5.74) is 6.96. The van der Waals surface area contributed by atoms with Gasteiger partial charge in [-0.25, -0.2) is 8.42 Å². The van der Waals surface area contributed by atoms with Crippen molar-refractivity contribution in [1.82, 2.24) is 10.0 Å². The molecule has 1 aliphatic carbocycles. The Morgan fingerprint density at radius 2 is 1.80 bits per heavy atom. The van der Waals surface area contributed by atoms with Gasteiger partial charge in [0, 0.05) is 12.6 Å². The summed E-state index contributed by atoms with van der Waals surface area (Å²) in [5.74, 6) is -0.0359. The van der Waals surface area contributed by atoms with Gasteiger partial charge < -0.3 is 11.1 Å². The van der Waals surface area contributed by atoms with Crippen LogP contribution < -0.4 is 15.8 Å². The zero-order valence-electron chi connectivity index (χ0n) is 14.9. The standard InChI is InChI=1S/C17H27N3O3S.ClH/c1-11(2)16(17(21)19-10-15(18)13-6-7-13)20-24(22,23)14-8-4-12(3)5-9-14;/h4-5,8-9,11,13,15-16,20H,6-7,10,18H2,1-3H3,(H,19,21);1H. The minimum absolute atomic E-state index is 0. The lowest BCUT2D eigenvalue weighted by atomic mass is 10.0. The number of hydrogen-bond acceptors (Lipinski definition) is 4. The summed E-state index contributed by atoms with van der Waals surface area (Å²) in [4.78, 5) is 12.6. The number of halogens is 1. The number of sulfonamides is 1. The molecule has 0 heterocycles. The summed E-state index contributed by atoms with van der Waals surface area (Å²) in [6.07, 6.45) is 2.20. The van der Waals surface area contributed by atoms with E-state index in [0.29, 0.717) is 12.5 Å². The molecule has 1 aromatic carbocycles. The number of carbonyl (C=O) groups excluding carboxylic acids is 1. The van der Waals surface area contributed by atoms with Crippen LogP contribution in [0.5, 0.6) is 0 Å². The predicted octanol–water partition coefficient (Wildman–Crippen LogP) is 1.57. The van der Waals surface area contributed by atoms with Crippen LogP contribution in [0, 0.1) is 18.8 Å². The molecule has 4 N–H and O–H groups in total. The van der Waals surface area contributed by atoms with Crippen LogP contribution in [0.1, 0.15) is 32.3 Å². The number of nitrogens with one attached hydrogen (secondary N) is 2. The molecule has 0 spiro atoms. The van der Waals surface area contributed by atoms with Gasteiger partial charge in [0.05, 0.1) is 4.90 Å². The van der Waals surface area contributed by atoms with Gasteiger partial charge in [0.1, 0.15) is 6.04 Å². The maximum atomic E-state index is 12.5. The second-order valence-corrected chi connectivity index (χ2v) is 8.62. The second kappa shape index (κ2) is 8.98. The van der Waals surface area contributed by atoms with E-state index in [-0.39, 0.29) is 35.2 Å². The molecule has 2 atom stereocenters. The Morgan fingerprint density at radius 1 is 1.24 bits per heavy atom. The van der Waals surface area contributed by atoms with Crippen molar-refractivity contribution >= 4 is 28.3 Å². The molecule has 6 nitrogen and oxygen atoms in total. The van der Waals surface area contributed by atoms with Crippen molar-refractivity contribution in [3.63, 3.8) is 0 Å². The zero-order chi connectivity index (χ0) is 17.9. The normalized spacial score (nSPS) is 16.8. The SMILES string of the molecule is Cc1ccc(S(=O)(=O)NC(C(=O)NCC(N)C2CC2)C(C)C)cc1.Cl. The highest BCUT2D eigenvalue weighted by molar-refractivity contribution is 7.89. The Bertz CT molecular complexity index is 673. The molecule has 8 heteroatoms. The van der Waals surface area contributed by atoms with Crippen molar-refractivity contribution in [1.29, 1.82) is 0 Å². The monoisotopic (exact) mass is 389 g/mol. The highest BCUT2D eigenvalue weighted by Crippen LogP contribution is 2.31. The van der Waals surface area contributed by atoms with Crippen LogP contribution in [-0.4, -0.2) is 33.0 Å². The first-order valence-electron chi connectivity index (χ1n) is 8.33. The molecule has 0 aromatic heterocycles. The lowest BCUT2D eigenvalue weighted by molar-refractivity contribution is -0.123. The molecule has 0 saturated heterocycles. The third-order valence-electron chi connectivity index (χ3n) is 4.30. The molecule has 1 amide bonds. The van der Waals surface area contributed by atoms with Gasteiger partial charge in [-0.05, 0) is 43.7 Å². The summed E-state index contributed by atoms with van der Waals surface area (Å²) >= 11 is 0. The molecule has 0 aliphatic heterocycles. The Kier molecular flexibility index (Phi) is 7.87. The summed E-state index contributed by atoms with van der Waals surface area (Å²) in [6.45, 7) is 5.88. The topological polar surface area (TPSA) is 101 Å². The predicted molar refractivity (Wildman–Crippen MR) is 101 cm³/mol. The maximum Gasteiger partial charge on any atom is 0.241 e. The van der Waals surface area contributed by atoms with E-state index in [9.17, 15) is 13.2 Å². The lowest BCUT2D eigenvalue weighted by Gasteiger charge is -2.22. The van der Waals surface area contributed by atoms with E-state index in [2.05, 4.69) is 10.0 Å². The first-order valence-corrected chi connectivity index (χ1v) is 9.81. The van der Waals surface area contributed by atoms with E-state index in [0.717, 1.165) is 18.4 Å². The van der Waals surface area contributed by atoms with E-state index in [1.807, 2.05) is 20.8 Å².